The third-order valence-corrected chi connectivity index (χ3v) is 3.00. The van der Waals surface area contributed by atoms with Crippen molar-refractivity contribution in [3.8, 4) is 0 Å². The van der Waals surface area contributed by atoms with Gasteiger partial charge in [-0.05, 0) is 25.7 Å². The van der Waals surface area contributed by atoms with Gasteiger partial charge < -0.3 is 14.2 Å². The fourth-order valence-electron chi connectivity index (χ4n) is 1.91. The van der Waals surface area contributed by atoms with Gasteiger partial charge in [0.15, 0.2) is 0 Å². The van der Waals surface area contributed by atoms with Crippen LogP contribution in [0.1, 0.15) is 32.1 Å². The van der Waals surface area contributed by atoms with Crippen molar-refractivity contribution in [2.24, 2.45) is 0 Å². The van der Waals surface area contributed by atoms with Crippen molar-refractivity contribution in [3.63, 3.8) is 0 Å². The first-order valence-electron chi connectivity index (χ1n) is 6.41. The average Bonchev–Trinajstić information content (AvgIpc) is 3.19. The van der Waals surface area contributed by atoms with Gasteiger partial charge in [-0.1, -0.05) is 6.42 Å². The van der Waals surface area contributed by atoms with Crippen LogP contribution in [0, 0.1) is 0 Å². The molecular formula is C13H18O5. The van der Waals surface area contributed by atoms with Crippen molar-refractivity contribution >= 4 is 11.9 Å². The lowest BCUT2D eigenvalue weighted by Crippen LogP contribution is -2.19. The zero-order valence-electron chi connectivity index (χ0n) is 10.3. The molecule has 5 nitrogen and oxygen atoms in total. The summed E-state index contributed by atoms with van der Waals surface area (Å²) in [5.74, 6) is -1.01. The van der Waals surface area contributed by atoms with Crippen LogP contribution in [-0.2, 0) is 23.8 Å². The Kier molecular flexibility index (Phi) is 4.75. The van der Waals surface area contributed by atoms with Crippen LogP contribution in [0.3, 0.4) is 0 Å². The maximum atomic E-state index is 11.4. The summed E-state index contributed by atoms with van der Waals surface area (Å²) < 4.78 is 15.0. The van der Waals surface area contributed by atoms with Gasteiger partial charge in [0.25, 0.3) is 0 Å². The lowest BCUT2D eigenvalue weighted by molar-refractivity contribution is -0.145. The molecule has 0 N–H and O–H groups in total. The Hall–Kier alpha value is -1.36. The first kappa shape index (κ1) is 13.1. The van der Waals surface area contributed by atoms with Crippen LogP contribution in [0.2, 0.25) is 0 Å². The van der Waals surface area contributed by atoms with Crippen molar-refractivity contribution in [3.05, 3.63) is 12.2 Å². The van der Waals surface area contributed by atoms with Gasteiger partial charge in [0.05, 0.1) is 6.61 Å². The lowest BCUT2D eigenvalue weighted by Gasteiger charge is -2.20. The molecule has 0 bridgehead atoms. The molecule has 18 heavy (non-hydrogen) atoms. The Morgan fingerprint density at radius 2 is 1.78 bits per heavy atom. The van der Waals surface area contributed by atoms with Crippen LogP contribution >= 0.6 is 0 Å². The number of carbonyl (C=O) groups excluding carboxylic acids is 2. The van der Waals surface area contributed by atoms with Crippen LogP contribution < -0.4 is 0 Å². The number of hydrogen-bond donors (Lipinski definition) is 0. The minimum Gasteiger partial charge on any atom is -0.460 e. The van der Waals surface area contributed by atoms with Crippen molar-refractivity contribution in [1.82, 2.24) is 0 Å². The highest BCUT2D eigenvalue weighted by Crippen LogP contribution is 2.20. The molecule has 1 unspecified atom stereocenters. The minimum atomic E-state index is -0.536. The highest BCUT2D eigenvalue weighted by molar-refractivity contribution is 5.91. The van der Waals surface area contributed by atoms with E-state index in [4.69, 9.17) is 14.2 Å². The van der Waals surface area contributed by atoms with Crippen LogP contribution in [0.15, 0.2) is 12.2 Å². The summed E-state index contributed by atoms with van der Waals surface area (Å²) in [4.78, 5) is 22.6. The molecule has 0 aromatic rings. The van der Waals surface area contributed by atoms with E-state index in [1.54, 1.807) is 0 Å². The fourth-order valence-corrected chi connectivity index (χ4v) is 1.91. The summed E-state index contributed by atoms with van der Waals surface area (Å²) in [7, 11) is 0. The molecule has 5 heteroatoms. The van der Waals surface area contributed by atoms with Gasteiger partial charge in [0.1, 0.15) is 18.8 Å². The van der Waals surface area contributed by atoms with E-state index in [-0.39, 0.29) is 18.8 Å². The number of esters is 2. The number of hydrogen-bond acceptors (Lipinski definition) is 5. The van der Waals surface area contributed by atoms with E-state index in [0.29, 0.717) is 6.61 Å². The van der Waals surface area contributed by atoms with E-state index in [0.717, 1.165) is 37.8 Å². The molecule has 100 valence electrons. The quantitative estimate of drug-likeness (QED) is 0.421. The van der Waals surface area contributed by atoms with Gasteiger partial charge in [0.2, 0.25) is 0 Å². The molecular weight excluding hydrogens is 236 g/mol. The summed E-state index contributed by atoms with van der Waals surface area (Å²) in [5, 5.41) is 0. The number of carbonyl (C=O) groups is 2. The van der Waals surface area contributed by atoms with E-state index in [1.165, 1.54) is 6.42 Å². The first-order chi connectivity index (χ1) is 8.74. The molecule has 0 aromatic heterocycles. The largest absolute Gasteiger partial charge is 0.460 e. The Bertz CT molecular complexity index is 326. The van der Waals surface area contributed by atoms with E-state index in [1.807, 2.05) is 0 Å². The van der Waals surface area contributed by atoms with Gasteiger partial charge in [0, 0.05) is 12.2 Å². The monoisotopic (exact) mass is 254 g/mol. The maximum absolute atomic E-state index is 11.4. The molecule has 2 fully saturated rings. The molecule has 1 saturated carbocycles. The van der Waals surface area contributed by atoms with Crippen LogP contribution in [0.5, 0.6) is 0 Å². The standard InChI is InChI=1S/C13H18O5/c14-12(17-9-11-8-16-11)6-7-13(15)18-10-4-2-1-3-5-10/h6-7,10-11H,1-5,8-9H2. The molecule has 0 radical (unpaired) electrons. The number of rotatable bonds is 5. The van der Waals surface area contributed by atoms with E-state index >= 15 is 0 Å². The maximum Gasteiger partial charge on any atom is 0.331 e. The van der Waals surface area contributed by atoms with E-state index in [9.17, 15) is 9.59 Å². The average molecular weight is 254 g/mol. The zero-order chi connectivity index (χ0) is 12.8. The summed E-state index contributed by atoms with van der Waals surface area (Å²) in [5.41, 5.74) is 0. The molecule has 1 saturated heterocycles. The Labute approximate surface area is 106 Å². The number of epoxide rings is 1. The van der Waals surface area contributed by atoms with Crippen LogP contribution in [0.4, 0.5) is 0 Å². The molecule has 1 aliphatic carbocycles. The molecule has 0 spiro atoms. The summed E-state index contributed by atoms with van der Waals surface area (Å²) >= 11 is 0. The minimum absolute atomic E-state index is 0.00628. The first-order valence-corrected chi connectivity index (χ1v) is 6.41. The third-order valence-electron chi connectivity index (χ3n) is 3.00. The molecule has 0 amide bonds. The summed E-state index contributed by atoms with van der Waals surface area (Å²) in [6.07, 6.45) is 7.53. The normalized spacial score (nSPS) is 23.9. The Morgan fingerprint density at radius 1 is 1.11 bits per heavy atom. The van der Waals surface area contributed by atoms with Gasteiger partial charge >= 0.3 is 11.9 Å². The Balaban J connectivity index is 1.63. The Morgan fingerprint density at radius 3 is 2.44 bits per heavy atom. The van der Waals surface area contributed by atoms with Gasteiger partial charge in [-0.25, -0.2) is 9.59 Å². The topological polar surface area (TPSA) is 65.1 Å². The second kappa shape index (κ2) is 6.54. The van der Waals surface area contributed by atoms with Crippen molar-refractivity contribution in [2.45, 2.75) is 44.3 Å². The molecule has 1 heterocycles. The number of ether oxygens (including phenoxy) is 3. The predicted molar refractivity (Wildman–Crippen MR) is 62.8 cm³/mol. The van der Waals surface area contributed by atoms with Gasteiger partial charge in [-0.15, -0.1) is 0 Å². The third kappa shape index (κ3) is 4.87. The highest BCUT2D eigenvalue weighted by atomic mass is 16.6. The van der Waals surface area contributed by atoms with Crippen molar-refractivity contribution < 1.29 is 23.8 Å². The summed E-state index contributed by atoms with van der Waals surface area (Å²) in [6, 6.07) is 0. The smallest absolute Gasteiger partial charge is 0.331 e. The highest BCUT2D eigenvalue weighted by Gasteiger charge is 2.23. The molecule has 1 aliphatic heterocycles. The molecule has 0 aromatic carbocycles. The van der Waals surface area contributed by atoms with Crippen molar-refractivity contribution in [2.75, 3.05) is 13.2 Å². The predicted octanol–water partition coefficient (Wildman–Crippen LogP) is 1.36. The van der Waals surface area contributed by atoms with Gasteiger partial charge in [-0.2, -0.15) is 0 Å². The van der Waals surface area contributed by atoms with Crippen molar-refractivity contribution in [1.29, 1.82) is 0 Å². The van der Waals surface area contributed by atoms with Crippen LogP contribution in [0.25, 0.3) is 0 Å². The van der Waals surface area contributed by atoms with E-state index in [2.05, 4.69) is 0 Å². The zero-order valence-corrected chi connectivity index (χ0v) is 10.3. The fraction of sp³-hybridized carbons (Fsp3) is 0.692. The second-order valence-electron chi connectivity index (χ2n) is 4.62. The summed E-state index contributed by atoms with van der Waals surface area (Å²) in [6.45, 7) is 0.890. The van der Waals surface area contributed by atoms with Gasteiger partial charge in [-0.3, -0.25) is 0 Å². The van der Waals surface area contributed by atoms with Crippen LogP contribution in [-0.4, -0.2) is 37.4 Å². The second-order valence-corrected chi connectivity index (χ2v) is 4.62. The molecule has 1 atom stereocenters. The molecule has 2 rings (SSSR count). The lowest BCUT2D eigenvalue weighted by atomic mass is 9.98. The molecule has 2 aliphatic rings. The SMILES string of the molecule is O=C(C=CC(=O)OC1CCCCC1)OCC1CO1. The van der Waals surface area contributed by atoms with E-state index < -0.39 is 11.9 Å².